The summed E-state index contributed by atoms with van der Waals surface area (Å²) in [5, 5.41) is 7.68. The number of aryl methyl sites for hydroxylation is 2. The lowest BCUT2D eigenvalue weighted by Gasteiger charge is -2.15. The molecule has 0 N–H and O–H groups in total. The second-order valence-corrected chi connectivity index (χ2v) is 7.17. The summed E-state index contributed by atoms with van der Waals surface area (Å²) < 4.78 is 13.8. The molecule has 9 nitrogen and oxygen atoms in total. The third-order valence-electron chi connectivity index (χ3n) is 4.63. The van der Waals surface area contributed by atoms with Crippen LogP contribution in [0.4, 0.5) is 0 Å². The van der Waals surface area contributed by atoms with Gasteiger partial charge in [0.25, 0.3) is 0 Å². The van der Waals surface area contributed by atoms with E-state index in [2.05, 4.69) is 10.4 Å². The van der Waals surface area contributed by atoms with Crippen molar-refractivity contribution in [3.63, 3.8) is 0 Å². The van der Waals surface area contributed by atoms with Crippen LogP contribution in [0.25, 0.3) is 5.69 Å². The first-order valence-electron chi connectivity index (χ1n) is 9.59. The van der Waals surface area contributed by atoms with Gasteiger partial charge in [-0.25, -0.2) is 4.79 Å². The van der Waals surface area contributed by atoms with E-state index in [0.29, 0.717) is 28.3 Å². The molecule has 9 heteroatoms. The average molecular weight is 423 g/mol. The van der Waals surface area contributed by atoms with Crippen LogP contribution in [0.2, 0.25) is 0 Å². The van der Waals surface area contributed by atoms with Gasteiger partial charge in [0, 0.05) is 39.0 Å². The molecule has 0 aliphatic heterocycles. The van der Waals surface area contributed by atoms with Gasteiger partial charge < -0.3 is 14.4 Å². The van der Waals surface area contributed by atoms with Crippen LogP contribution >= 0.6 is 0 Å². The van der Waals surface area contributed by atoms with Gasteiger partial charge in [-0.15, -0.1) is 0 Å². The fourth-order valence-corrected chi connectivity index (χ4v) is 2.98. The molecule has 0 saturated carbocycles. The highest BCUT2D eigenvalue weighted by Gasteiger charge is 2.16. The Kier molecular flexibility index (Phi) is 6.54. The molecule has 1 heterocycles. The Labute approximate surface area is 180 Å². The molecule has 0 saturated heterocycles. The summed E-state index contributed by atoms with van der Waals surface area (Å²) >= 11 is 0. The maximum absolute atomic E-state index is 12.3. The molecule has 2 aromatic carbocycles. The molecule has 1 aromatic heterocycles. The fraction of sp³-hybridized carbons (Fsp3) is 0.273. The molecule has 0 bridgehead atoms. The Hall–Kier alpha value is -3.88. The third-order valence-corrected chi connectivity index (χ3v) is 4.63. The molecular weight excluding hydrogens is 398 g/mol. The Morgan fingerprint density at radius 2 is 1.94 bits per heavy atom. The highest BCUT2D eigenvalue weighted by Crippen LogP contribution is 2.27. The Morgan fingerprint density at radius 1 is 1.16 bits per heavy atom. The largest absolute Gasteiger partial charge is 0.496 e. The lowest BCUT2D eigenvalue weighted by Crippen LogP contribution is -2.23. The van der Waals surface area contributed by atoms with Crippen LogP contribution in [-0.2, 0) is 13.7 Å². The van der Waals surface area contributed by atoms with Gasteiger partial charge in [0.1, 0.15) is 18.1 Å². The van der Waals surface area contributed by atoms with E-state index in [0.717, 1.165) is 10.2 Å². The van der Waals surface area contributed by atoms with Crippen LogP contribution in [0.5, 0.6) is 11.5 Å². The minimum atomic E-state index is -0.376. The SMILES string of the molecule is COc1cccc(-n2nnn(C)c2=O)c1COc1ccc(C(=O)C=CN(C)C)cc1C. The number of ether oxygens (including phenoxy) is 2. The van der Waals surface area contributed by atoms with Gasteiger partial charge in [0.2, 0.25) is 0 Å². The summed E-state index contributed by atoms with van der Waals surface area (Å²) in [4.78, 5) is 26.4. The average Bonchev–Trinajstić information content (AvgIpc) is 3.09. The molecule has 0 fully saturated rings. The Morgan fingerprint density at radius 3 is 2.55 bits per heavy atom. The van der Waals surface area contributed by atoms with Crippen LogP contribution in [0.1, 0.15) is 21.5 Å². The van der Waals surface area contributed by atoms with Crippen LogP contribution in [0, 0.1) is 6.92 Å². The molecule has 0 aliphatic carbocycles. The number of nitrogens with zero attached hydrogens (tertiary/aromatic N) is 5. The summed E-state index contributed by atoms with van der Waals surface area (Å²) in [6.45, 7) is 2.01. The molecule has 0 aliphatic rings. The van der Waals surface area contributed by atoms with E-state index < -0.39 is 0 Å². The number of carbonyl (C=O) groups excluding carboxylic acids is 1. The Balaban J connectivity index is 1.87. The van der Waals surface area contributed by atoms with Crippen molar-refractivity contribution in [2.24, 2.45) is 7.05 Å². The lowest BCUT2D eigenvalue weighted by atomic mass is 10.1. The predicted molar refractivity (Wildman–Crippen MR) is 116 cm³/mol. The number of tetrazole rings is 1. The number of rotatable bonds is 8. The lowest BCUT2D eigenvalue weighted by molar-refractivity contribution is 0.104. The van der Waals surface area contributed by atoms with E-state index in [1.165, 1.54) is 17.8 Å². The second kappa shape index (κ2) is 9.29. The van der Waals surface area contributed by atoms with Crippen molar-refractivity contribution in [1.29, 1.82) is 0 Å². The van der Waals surface area contributed by atoms with Gasteiger partial charge in [0.15, 0.2) is 5.78 Å². The van der Waals surface area contributed by atoms with Gasteiger partial charge in [-0.1, -0.05) is 6.07 Å². The van der Waals surface area contributed by atoms with Gasteiger partial charge in [0.05, 0.1) is 18.4 Å². The molecule has 162 valence electrons. The van der Waals surface area contributed by atoms with Gasteiger partial charge >= 0.3 is 5.69 Å². The summed E-state index contributed by atoms with van der Waals surface area (Å²) in [6.07, 6.45) is 3.23. The van der Waals surface area contributed by atoms with E-state index >= 15 is 0 Å². The highest BCUT2D eigenvalue weighted by molar-refractivity contribution is 6.04. The van der Waals surface area contributed by atoms with Crippen molar-refractivity contribution in [3.8, 4) is 17.2 Å². The molecule has 3 rings (SSSR count). The van der Waals surface area contributed by atoms with Crippen molar-refractivity contribution < 1.29 is 14.3 Å². The number of methoxy groups -OCH3 is 1. The molecule has 0 amide bonds. The van der Waals surface area contributed by atoms with Crippen molar-refractivity contribution in [3.05, 3.63) is 75.8 Å². The number of aromatic nitrogens is 4. The first kappa shape index (κ1) is 21.8. The van der Waals surface area contributed by atoms with E-state index in [1.54, 1.807) is 54.6 Å². The summed E-state index contributed by atoms with van der Waals surface area (Å²) in [5.41, 5.74) is 2.19. The van der Waals surface area contributed by atoms with Gasteiger partial charge in [-0.3, -0.25) is 4.79 Å². The predicted octanol–water partition coefficient (Wildman–Crippen LogP) is 2.12. The van der Waals surface area contributed by atoms with E-state index in [4.69, 9.17) is 9.47 Å². The van der Waals surface area contributed by atoms with Crippen LogP contribution in [0.15, 0.2) is 53.5 Å². The van der Waals surface area contributed by atoms with Gasteiger partial charge in [-0.05, 0) is 53.2 Å². The molecule has 0 unspecified atom stereocenters. The maximum Gasteiger partial charge on any atom is 0.368 e. The maximum atomic E-state index is 12.3. The van der Waals surface area contributed by atoms with Crippen LogP contribution < -0.4 is 15.2 Å². The fourth-order valence-electron chi connectivity index (χ4n) is 2.98. The number of hydrogen-bond acceptors (Lipinski definition) is 7. The monoisotopic (exact) mass is 423 g/mol. The van der Waals surface area contributed by atoms with Crippen molar-refractivity contribution >= 4 is 5.78 Å². The third kappa shape index (κ3) is 4.82. The first-order valence-corrected chi connectivity index (χ1v) is 9.59. The molecule has 0 atom stereocenters. The second-order valence-electron chi connectivity index (χ2n) is 7.17. The normalized spacial score (nSPS) is 11.0. The van der Waals surface area contributed by atoms with E-state index in [-0.39, 0.29) is 18.1 Å². The minimum absolute atomic E-state index is 0.0857. The number of ketones is 1. The summed E-state index contributed by atoms with van der Waals surface area (Å²) in [5.74, 6) is 1.10. The molecule has 31 heavy (non-hydrogen) atoms. The number of allylic oxidation sites excluding steroid dienone is 1. The summed E-state index contributed by atoms with van der Waals surface area (Å²) in [7, 11) is 6.79. The molecular formula is C22H25N5O4. The zero-order valence-corrected chi connectivity index (χ0v) is 18.2. The minimum Gasteiger partial charge on any atom is -0.496 e. The number of benzene rings is 2. The van der Waals surface area contributed by atoms with Crippen LogP contribution in [-0.4, -0.2) is 51.7 Å². The molecule has 0 spiro atoms. The topological polar surface area (TPSA) is 91.5 Å². The van der Waals surface area contributed by atoms with Crippen LogP contribution in [0.3, 0.4) is 0 Å². The zero-order valence-electron chi connectivity index (χ0n) is 18.2. The first-order chi connectivity index (χ1) is 14.8. The molecule has 3 aromatic rings. The van der Waals surface area contributed by atoms with Crippen molar-refractivity contribution in [2.75, 3.05) is 21.2 Å². The number of hydrogen-bond donors (Lipinski definition) is 0. The van der Waals surface area contributed by atoms with E-state index in [9.17, 15) is 9.59 Å². The van der Waals surface area contributed by atoms with Crippen molar-refractivity contribution in [1.82, 2.24) is 24.7 Å². The highest BCUT2D eigenvalue weighted by atomic mass is 16.5. The van der Waals surface area contributed by atoms with E-state index in [1.807, 2.05) is 21.0 Å². The molecule has 0 radical (unpaired) electrons. The summed E-state index contributed by atoms with van der Waals surface area (Å²) in [6, 6.07) is 10.6. The van der Waals surface area contributed by atoms with Crippen molar-refractivity contribution in [2.45, 2.75) is 13.5 Å². The van der Waals surface area contributed by atoms with Gasteiger partial charge in [-0.2, -0.15) is 9.36 Å². The zero-order chi connectivity index (χ0) is 22.5. The Bertz CT molecular complexity index is 1180. The number of carbonyl (C=O) groups is 1. The standard InChI is InChI=1S/C22H25N5O4/c1-15-13-16(19(28)11-12-25(2)3)9-10-20(15)31-14-17-18(7-6-8-21(17)30-5)27-22(29)26(4)23-24-27/h6-13H,14H2,1-5H3. The smallest absolute Gasteiger partial charge is 0.368 e. The quantitative estimate of drug-likeness (QED) is 0.405.